The summed E-state index contributed by atoms with van der Waals surface area (Å²) in [7, 11) is 0. The zero-order valence-corrected chi connectivity index (χ0v) is 13.5. The summed E-state index contributed by atoms with van der Waals surface area (Å²) in [6, 6.07) is 2.14. The van der Waals surface area contributed by atoms with Crippen LogP contribution in [0.2, 0.25) is 0 Å². The van der Waals surface area contributed by atoms with Crippen molar-refractivity contribution in [3.05, 3.63) is 32.0 Å². The molecule has 2 rings (SSSR count). The lowest BCUT2D eigenvalue weighted by Gasteiger charge is -2.12. The van der Waals surface area contributed by atoms with Crippen LogP contribution in [0.3, 0.4) is 0 Å². The lowest BCUT2D eigenvalue weighted by atomic mass is 10.1. The molecule has 0 spiro atoms. The van der Waals surface area contributed by atoms with Gasteiger partial charge in [0.05, 0.1) is 2.88 Å². The first kappa shape index (κ1) is 14.0. The molecular formula is C12H17IN4S. The topological polar surface area (TPSA) is 56.7 Å². The molecule has 2 heterocycles. The number of nitrogens with two attached hydrogens (primary N) is 1. The molecule has 18 heavy (non-hydrogen) atoms. The fraction of sp³-hybridized carbons (Fsp3) is 0.500. The van der Waals surface area contributed by atoms with Crippen molar-refractivity contribution in [2.24, 2.45) is 11.7 Å². The van der Waals surface area contributed by atoms with Gasteiger partial charge in [0.2, 0.25) is 0 Å². The van der Waals surface area contributed by atoms with Crippen LogP contribution >= 0.6 is 33.9 Å². The van der Waals surface area contributed by atoms with Crippen LogP contribution in [0, 0.1) is 8.80 Å². The quantitative estimate of drug-likeness (QED) is 0.817. The van der Waals surface area contributed by atoms with Gasteiger partial charge in [0.25, 0.3) is 0 Å². The Hall–Kier alpha value is -0.470. The highest BCUT2D eigenvalue weighted by atomic mass is 127. The lowest BCUT2D eigenvalue weighted by molar-refractivity contribution is 0.459. The zero-order chi connectivity index (χ0) is 13.1. The van der Waals surface area contributed by atoms with Gasteiger partial charge >= 0.3 is 0 Å². The second-order valence-electron chi connectivity index (χ2n) is 4.75. The zero-order valence-electron chi connectivity index (χ0n) is 10.5. The molecule has 1 atom stereocenters. The third-order valence-electron chi connectivity index (χ3n) is 2.65. The van der Waals surface area contributed by atoms with Crippen molar-refractivity contribution in [3.63, 3.8) is 0 Å². The van der Waals surface area contributed by atoms with Gasteiger partial charge in [0.15, 0.2) is 0 Å². The van der Waals surface area contributed by atoms with Gasteiger partial charge in [0, 0.05) is 19.0 Å². The van der Waals surface area contributed by atoms with E-state index in [0.29, 0.717) is 5.92 Å². The maximum Gasteiger partial charge on any atom is 0.138 e. The number of aromatic nitrogens is 3. The predicted molar refractivity (Wildman–Crippen MR) is 82.5 cm³/mol. The van der Waals surface area contributed by atoms with E-state index in [1.165, 1.54) is 8.45 Å². The van der Waals surface area contributed by atoms with Crippen molar-refractivity contribution in [1.29, 1.82) is 0 Å². The van der Waals surface area contributed by atoms with E-state index in [-0.39, 0.29) is 6.04 Å². The molecule has 0 amide bonds. The highest BCUT2D eigenvalue weighted by molar-refractivity contribution is 14.1. The van der Waals surface area contributed by atoms with E-state index in [2.05, 4.69) is 58.0 Å². The first-order valence-electron chi connectivity index (χ1n) is 5.92. The molecule has 0 aliphatic carbocycles. The molecule has 0 bridgehead atoms. The minimum absolute atomic E-state index is 0.000113. The molecule has 2 aromatic rings. The van der Waals surface area contributed by atoms with Crippen molar-refractivity contribution >= 4 is 33.9 Å². The molecule has 0 aliphatic heterocycles. The summed E-state index contributed by atoms with van der Waals surface area (Å²) >= 11 is 4.04. The van der Waals surface area contributed by atoms with Gasteiger partial charge in [-0.05, 0) is 45.5 Å². The maximum absolute atomic E-state index is 6.22. The third kappa shape index (κ3) is 3.52. The van der Waals surface area contributed by atoms with Crippen molar-refractivity contribution < 1.29 is 0 Å². The molecular weight excluding hydrogens is 359 g/mol. The smallest absolute Gasteiger partial charge is 0.138 e. The standard InChI is InChI=1S/C12H17IN4S/c1-8(2)5-17-12(15-7-16-17)4-10(14)9-3-11(13)18-6-9/h3,6-8,10H,4-5,14H2,1-2H3. The Balaban J connectivity index is 2.07. The van der Waals surface area contributed by atoms with E-state index < -0.39 is 0 Å². The monoisotopic (exact) mass is 376 g/mol. The first-order valence-corrected chi connectivity index (χ1v) is 7.88. The molecule has 4 nitrogen and oxygen atoms in total. The average molecular weight is 376 g/mol. The van der Waals surface area contributed by atoms with Crippen LogP contribution < -0.4 is 5.73 Å². The molecule has 0 saturated carbocycles. The van der Waals surface area contributed by atoms with E-state index in [9.17, 15) is 0 Å². The fourth-order valence-electron chi connectivity index (χ4n) is 1.78. The number of rotatable bonds is 5. The molecule has 0 aliphatic rings. The Bertz CT molecular complexity index is 506. The normalized spacial score (nSPS) is 13.2. The second kappa shape index (κ2) is 6.12. The van der Waals surface area contributed by atoms with Crippen molar-refractivity contribution in [2.75, 3.05) is 0 Å². The first-order chi connectivity index (χ1) is 8.56. The minimum atomic E-state index is -0.000113. The molecule has 0 fully saturated rings. The number of halogens is 1. The van der Waals surface area contributed by atoms with Crippen LogP contribution in [-0.4, -0.2) is 14.8 Å². The Labute approximate surface area is 125 Å². The van der Waals surface area contributed by atoms with Crippen molar-refractivity contribution in [1.82, 2.24) is 14.8 Å². The minimum Gasteiger partial charge on any atom is -0.324 e. The van der Waals surface area contributed by atoms with Crippen molar-refractivity contribution in [2.45, 2.75) is 32.9 Å². The van der Waals surface area contributed by atoms with Crippen LogP contribution in [0.25, 0.3) is 0 Å². The van der Waals surface area contributed by atoms with E-state index in [4.69, 9.17) is 5.73 Å². The average Bonchev–Trinajstić information content (AvgIpc) is 2.88. The summed E-state index contributed by atoms with van der Waals surface area (Å²) in [5, 5.41) is 6.38. The highest BCUT2D eigenvalue weighted by Gasteiger charge is 2.13. The predicted octanol–water partition coefficient (Wildman–Crippen LogP) is 2.84. The van der Waals surface area contributed by atoms with Crippen LogP contribution in [-0.2, 0) is 13.0 Å². The van der Waals surface area contributed by atoms with E-state index >= 15 is 0 Å². The Morgan fingerprint density at radius 2 is 2.28 bits per heavy atom. The van der Waals surface area contributed by atoms with E-state index in [1.807, 2.05) is 4.68 Å². The lowest BCUT2D eigenvalue weighted by Crippen LogP contribution is -2.18. The van der Waals surface area contributed by atoms with Gasteiger partial charge in [-0.15, -0.1) is 11.3 Å². The molecule has 0 radical (unpaired) electrons. The largest absolute Gasteiger partial charge is 0.324 e. The van der Waals surface area contributed by atoms with Crippen LogP contribution in [0.1, 0.15) is 31.3 Å². The van der Waals surface area contributed by atoms with Crippen LogP contribution in [0.5, 0.6) is 0 Å². The maximum atomic E-state index is 6.22. The Morgan fingerprint density at radius 1 is 1.50 bits per heavy atom. The highest BCUT2D eigenvalue weighted by Crippen LogP contribution is 2.23. The van der Waals surface area contributed by atoms with Crippen LogP contribution in [0.15, 0.2) is 17.8 Å². The summed E-state index contributed by atoms with van der Waals surface area (Å²) in [5.41, 5.74) is 7.41. The molecule has 98 valence electrons. The summed E-state index contributed by atoms with van der Waals surface area (Å²) in [6.45, 7) is 5.24. The van der Waals surface area contributed by atoms with Gasteiger partial charge in [-0.2, -0.15) is 5.10 Å². The Kier molecular flexibility index (Phi) is 4.74. The molecule has 2 N–H and O–H groups in total. The van der Waals surface area contributed by atoms with Gasteiger partial charge in [-0.1, -0.05) is 13.8 Å². The van der Waals surface area contributed by atoms with Gasteiger partial charge in [0.1, 0.15) is 12.2 Å². The van der Waals surface area contributed by atoms with Crippen LogP contribution in [0.4, 0.5) is 0 Å². The van der Waals surface area contributed by atoms with Crippen molar-refractivity contribution in [3.8, 4) is 0 Å². The second-order valence-corrected chi connectivity index (χ2v) is 7.55. The summed E-state index contributed by atoms with van der Waals surface area (Å²) in [4.78, 5) is 4.31. The summed E-state index contributed by atoms with van der Waals surface area (Å²) in [5.74, 6) is 1.53. The van der Waals surface area contributed by atoms with Gasteiger partial charge in [-0.3, -0.25) is 0 Å². The number of thiophene rings is 1. The van der Waals surface area contributed by atoms with Gasteiger partial charge < -0.3 is 5.73 Å². The number of nitrogens with zero attached hydrogens (tertiary/aromatic N) is 3. The van der Waals surface area contributed by atoms with Gasteiger partial charge in [-0.25, -0.2) is 9.67 Å². The molecule has 1 unspecified atom stereocenters. The molecule has 0 saturated heterocycles. The summed E-state index contributed by atoms with van der Waals surface area (Å²) in [6.07, 6.45) is 2.35. The molecule has 2 aromatic heterocycles. The van der Waals surface area contributed by atoms with E-state index in [1.54, 1.807) is 17.7 Å². The SMILES string of the molecule is CC(C)Cn1ncnc1CC(N)c1csc(I)c1. The molecule has 0 aromatic carbocycles. The number of hydrogen-bond donors (Lipinski definition) is 1. The van der Waals surface area contributed by atoms with E-state index in [0.717, 1.165) is 18.8 Å². The Morgan fingerprint density at radius 3 is 2.89 bits per heavy atom. The molecule has 6 heteroatoms. The third-order valence-corrected chi connectivity index (χ3v) is 4.46. The fourth-order valence-corrected chi connectivity index (χ4v) is 3.21. The summed E-state index contributed by atoms with van der Waals surface area (Å²) < 4.78 is 3.23. The number of hydrogen-bond acceptors (Lipinski definition) is 4.